The zero-order valence-corrected chi connectivity index (χ0v) is 18.4. The fraction of sp³-hybridized carbons (Fsp3) is 0.304. The molecule has 4 amide bonds. The van der Waals surface area contributed by atoms with Crippen LogP contribution in [0.5, 0.6) is 0 Å². The Balaban J connectivity index is 1.39. The molecule has 0 radical (unpaired) electrons. The quantitative estimate of drug-likeness (QED) is 0.540. The van der Waals surface area contributed by atoms with Crippen LogP contribution in [0, 0.1) is 0 Å². The molecule has 1 saturated heterocycles. The minimum atomic E-state index is -0.550. The minimum absolute atomic E-state index is 0.106. The molecule has 0 aromatic heterocycles. The highest BCUT2D eigenvalue weighted by molar-refractivity contribution is 5.97. The van der Waals surface area contributed by atoms with Crippen molar-refractivity contribution < 1.29 is 23.9 Å². The first-order chi connectivity index (χ1) is 16.0. The monoisotopic (exact) mass is 453 g/mol. The maximum absolute atomic E-state index is 12.4. The number of carbonyl (C=O) groups excluding carboxylic acids is 4. The van der Waals surface area contributed by atoms with Crippen molar-refractivity contribution in [3.05, 3.63) is 60.2 Å². The van der Waals surface area contributed by atoms with E-state index in [1.807, 2.05) is 30.3 Å². The summed E-state index contributed by atoms with van der Waals surface area (Å²) in [6, 6.07) is 15.7. The molecule has 10 heteroatoms. The molecule has 3 N–H and O–H groups in total. The van der Waals surface area contributed by atoms with E-state index in [9.17, 15) is 19.2 Å². The van der Waals surface area contributed by atoms with Gasteiger partial charge in [0.15, 0.2) is 0 Å². The highest BCUT2D eigenvalue weighted by atomic mass is 16.5. The number of nitrogens with one attached hydrogen (secondary N) is 3. The molecule has 0 bridgehead atoms. The van der Waals surface area contributed by atoms with Gasteiger partial charge in [-0.05, 0) is 36.4 Å². The summed E-state index contributed by atoms with van der Waals surface area (Å²) in [6.45, 7) is 2.33. The number of carbonyl (C=O) groups is 4. The lowest BCUT2D eigenvalue weighted by atomic mass is 10.2. The van der Waals surface area contributed by atoms with Gasteiger partial charge in [0.1, 0.15) is 6.54 Å². The molecule has 2 aromatic carbocycles. The predicted molar refractivity (Wildman–Crippen MR) is 123 cm³/mol. The number of benzene rings is 2. The van der Waals surface area contributed by atoms with Gasteiger partial charge in [0.2, 0.25) is 5.91 Å². The van der Waals surface area contributed by atoms with Crippen LogP contribution in [0.3, 0.4) is 0 Å². The molecule has 0 spiro atoms. The second-order valence-electron chi connectivity index (χ2n) is 7.35. The Labute approximate surface area is 191 Å². The fourth-order valence-corrected chi connectivity index (χ4v) is 3.33. The van der Waals surface area contributed by atoms with Gasteiger partial charge >= 0.3 is 12.0 Å². The lowest BCUT2D eigenvalue weighted by molar-refractivity contribution is -0.139. The fourth-order valence-electron chi connectivity index (χ4n) is 3.33. The summed E-state index contributed by atoms with van der Waals surface area (Å²) in [5, 5.41) is 7.61. The largest absolute Gasteiger partial charge is 0.468 e. The first-order valence-electron chi connectivity index (χ1n) is 10.5. The van der Waals surface area contributed by atoms with Crippen LogP contribution >= 0.6 is 0 Å². The van der Waals surface area contributed by atoms with E-state index in [0.717, 1.165) is 18.8 Å². The van der Waals surface area contributed by atoms with Gasteiger partial charge in [-0.15, -0.1) is 0 Å². The summed E-state index contributed by atoms with van der Waals surface area (Å²) in [4.78, 5) is 51.6. The normalized spacial score (nSPS) is 13.1. The van der Waals surface area contributed by atoms with Gasteiger partial charge in [-0.25, -0.2) is 4.79 Å². The van der Waals surface area contributed by atoms with E-state index in [1.165, 1.54) is 19.2 Å². The Morgan fingerprint density at radius 2 is 1.52 bits per heavy atom. The maximum atomic E-state index is 12.4. The molecule has 0 atom stereocenters. The van der Waals surface area contributed by atoms with Gasteiger partial charge in [0.05, 0.1) is 13.7 Å². The van der Waals surface area contributed by atoms with Crippen LogP contribution in [0.1, 0.15) is 10.4 Å². The summed E-state index contributed by atoms with van der Waals surface area (Å²) < 4.78 is 4.46. The lowest BCUT2D eigenvalue weighted by Crippen LogP contribution is -2.51. The van der Waals surface area contributed by atoms with E-state index in [0.29, 0.717) is 24.3 Å². The van der Waals surface area contributed by atoms with E-state index in [2.05, 4.69) is 25.6 Å². The van der Waals surface area contributed by atoms with Crippen molar-refractivity contribution in [2.45, 2.75) is 0 Å². The van der Waals surface area contributed by atoms with Crippen LogP contribution in [-0.2, 0) is 14.3 Å². The maximum Gasteiger partial charge on any atom is 0.325 e. The first-order valence-corrected chi connectivity index (χ1v) is 10.5. The standard InChI is InChI=1S/C23H27N5O5/c1-33-21(30)16-24-22(31)17-7-9-18(10-8-17)26-23(32)25-15-20(29)28-13-11-27(12-14-28)19-5-3-2-4-6-19/h2-10H,11-16H2,1H3,(H,24,31)(H2,25,26,32). The second-order valence-corrected chi connectivity index (χ2v) is 7.35. The van der Waals surface area contributed by atoms with Crippen LogP contribution < -0.4 is 20.9 Å². The van der Waals surface area contributed by atoms with Crippen molar-refractivity contribution in [1.82, 2.24) is 15.5 Å². The van der Waals surface area contributed by atoms with Crippen LogP contribution in [0.25, 0.3) is 0 Å². The number of piperazine rings is 1. The molecule has 1 aliphatic rings. The number of anilines is 2. The average Bonchev–Trinajstić information content (AvgIpc) is 2.86. The molecular formula is C23H27N5O5. The van der Waals surface area contributed by atoms with Gasteiger partial charge in [-0.3, -0.25) is 14.4 Å². The Bertz CT molecular complexity index is 972. The van der Waals surface area contributed by atoms with E-state index in [-0.39, 0.29) is 19.0 Å². The number of esters is 1. The number of amides is 4. The summed E-state index contributed by atoms with van der Waals surface area (Å²) in [5.74, 6) is -1.13. The van der Waals surface area contributed by atoms with E-state index in [4.69, 9.17) is 0 Å². The molecule has 1 aliphatic heterocycles. The molecule has 0 aliphatic carbocycles. The Morgan fingerprint density at radius 1 is 0.848 bits per heavy atom. The smallest absolute Gasteiger partial charge is 0.325 e. The van der Waals surface area contributed by atoms with Crippen LogP contribution in [0.4, 0.5) is 16.2 Å². The molecule has 2 aromatic rings. The van der Waals surface area contributed by atoms with Crippen LogP contribution in [0.15, 0.2) is 54.6 Å². The number of hydrogen-bond acceptors (Lipinski definition) is 6. The number of para-hydroxylation sites is 1. The van der Waals surface area contributed by atoms with Gasteiger partial charge in [0.25, 0.3) is 5.91 Å². The molecule has 10 nitrogen and oxygen atoms in total. The first kappa shape index (κ1) is 23.6. The molecule has 1 heterocycles. The predicted octanol–water partition coefficient (Wildman–Crippen LogP) is 1.06. The highest BCUT2D eigenvalue weighted by Crippen LogP contribution is 2.15. The zero-order chi connectivity index (χ0) is 23.6. The number of nitrogens with zero attached hydrogens (tertiary/aromatic N) is 2. The van der Waals surface area contributed by atoms with Crippen molar-refractivity contribution >= 4 is 35.2 Å². The van der Waals surface area contributed by atoms with E-state index < -0.39 is 17.9 Å². The number of rotatable bonds is 7. The van der Waals surface area contributed by atoms with Gasteiger partial charge in [-0.1, -0.05) is 18.2 Å². The van der Waals surface area contributed by atoms with Gasteiger partial charge in [-0.2, -0.15) is 0 Å². The Kier molecular flexibility index (Phi) is 8.23. The third kappa shape index (κ3) is 6.96. The molecule has 1 fully saturated rings. The lowest BCUT2D eigenvalue weighted by Gasteiger charge is -2.36. The number of ether oxygens (including phenoxy) is 1. The minimum Gasteiger partial charge on any atom is -0.468 e. The molecule has 174 valence electrons. The average molecular weight is 453 g/mol. The topological polar surface area (TPSA) is 120 Å². The third-order valence-electron chi connectivity index (χ3n) is 5.18. The van der Waals surface area contributed by atoms with Crippen LogP contribution in [0.2, 0.25) is 0 Å². The third-order valence-corrected chi connectivity index (χ3v) is 5.18. The molecule has 33 heavy (non-hydrogen) atoms. The summed E-state index contributed by atoms with van der Waals surface area (Å²) in [5.41, 5.74) is 1.92. The van der Waals surface area contributed by atoms with Crippen molar-refractivity contribution in [3.8, 4) is 0 Å². The number of urea groups is 1. The number of methoxy groups -OCH3 is 1. The SMILES string of the molecule is COC(=O)CNC(=O)c1ccc(NC(=O)NCC(=O)N2CCN(c3ccccc3)CC2)cc1. The Morgan fingerprint density at radius 3 is 2.15 bits per heavy atom. The molecule has 0 saturated carbocycles. The molecular weight excluding hydrogens is 426 g/mol. The summed E-state index contributed by atoms with van der Waals surface area (Å²) >= 11 is 0. The highest BCUT2D eigenvalue weighted by Gasteiger charge is 2.21. The molecule has 0 unspecified atom stereocenters. The van der Waals surface area contributed by atoms with Gasteiger partial charge in [0, 0.05) is 43.1 Å². The second kappa shape index (κ2) is 11.5. The number of hydrogen-bond donors (Lipinski definition) is 3. The van der Waals surface area contributed by atoms with Crippen LogP contribution in [-0.4, -0.2) is 75.1 Å². The summed E-state index contributed by atoms with van der Waals surface area (Å²) in [6.07, 6.45) is 0. The van der Waals surface area contributed by atoms with E-state index in [1.54, 1.807) is 17.0 Å². The van der Waals surface area contributed by atoms with E-state index >= 15 is 0 Å². The van der Waals surface area contributed by atoms with Crippen molar-refractivity contribution in [2.75, 3.05) is 56.6 Å². The van der Waals surface area contributed by atoms with Crippen molar-refractivity contribution in [2.24, 2.45) is 0 Å². The van der Waals surface area contributed by atoms with Gasteiger partial charge < -0.3 is 30.5 Å². The summed E-state index contributed by atoms with van der Waals surface area (Å²) in [7, 11) is 1.24. The molecule has 3 rings (SSSR count). The van der Waals surface area contributed by atoms with Crippen molar-refractivity contribution in [1.29, 1.82) is 0 Å². The zero-order valence-electron chi connectivity index (χ0n) is 18.4. The Hall–Kier alpha value is -4.08. The van der Waals surface area contributed by atoms with Crippen molar-refractivity contribution in [3.63, 3.8) is 0 Å².